The van der Waals surface area contributed by atoms with Gasteiger partial charge in [-0.2, -0.15) is 4.98 Å². The molecule has 2 rings (SSSR count). The predicted molar refractivity (Wildman–Crippen MR) is 86.3 cm³/mol. The highest BCUT2D eigenvalue weighted by molar-refractivity contribution is 6.30. The Hall–Kier alpha value is -2.15. The van der Waals surface area contributed by atoms with Gasteiger partial charge in [0.15, 0.2) is 6.61 Å². The molecule has 130 valence electrons. The second kappa shape index (κ2) is 9.22. The number of halogens is 2. The third kappa shape index (κ3) is 5.49. The SMILES string of the molecule is CCCC(CCc1nc(COc2ccc(Cl)c(F)c2)no1)NC=O. The van der Waals surface area contributed by atoms with E-state index in [1.165, 1.54) is 12.1 Å². The lowest BCUT2D eigenvalue weighted by Gasteiger charge is -2.13. The van der Waals surface area contributed by atoms with Crippen molar-refractivity contribution in [2.75, 3.05) is 0 Å². The van der Waals surface area contributed by atoms with Gasteiger partial charge in [0, 0.05) is 18.5 Å². The fraction of sp³-hybridized carbons (Fsp3) is 0.438. The highest BCUT2D eigenvalue weighted by Gasteiger charge is 2.12. The minimum Gasteiger partial charge on any atom is -0.485 e. The Kier molecular flexibility index (Phi) is 6.99. The molecule has 1 N–H and O–H groups in total. The van der Waals surface area contributed by atoms with Gasteiger partial charge < -0.3 is 14.6 Å². The smallest absolute Gasteiger partial charge is 0.226 e. The molecule has 1 unspecified atom stereocenters. The van der Waals surface area contributed by atoms with Crippen molar-refractivity contribution in [1.29, 1.82) is 0 Å². The molecule has 0 spiro atoms. The summed E-state index contributed by atoms with van der Waals surface area (Å²) < 4.78 is 23.9. The largest absolute Gasteiger partial charge is 0.485 e. The number of hydrogen-bond acceptors (Lipinski definition) is 5. The van der Waals surface area contributed by atoms with Crippen LogP contribution in [-0.4, -0.2) is 22.6 Å². The molecule has 0 saturated heterocycles. The number of carbonyl (C=O) groups is 1. The zero-order valence-electron chi connectivity index (χ0n) is 13.3. The first-order chi connectivity index (χ1) is 11.6. The number of aryl methyl sites for hydroxylation is 1. The molecular formula is C16H19ClFN3O3. The molecule has 1 aromatic heterocycles. The molecule has 0 aliphatic carbocycles. The van der Waals surface area contributed by atoms with Gasteiger partial charge in [0.2, 0.25) is 18.1 Å². The maximum Gasteiger partial charge on any atom is 0.226 e. The molecule has 1 atom stereocenters. The zero-order chi connectivity index (χ0) is 17.4. The second-order valence-corrected chi connectivity index (χ2v) is 5.68. The first-order valence-corrected chi connectivity index (χ1v) is 8.09. The molecule has 1 heterocycles. The van der Waals surface area contributed by atoms with E-state index in [2.05, 4.69) is 22.4 Å². The van der Waals surface area contributed by atoms with Crippen LogP contribution in [0.3, 0.4) is 0 Å². The highest BCUT2D eigenvalue weighted by Crippen LogP contribution is 2.21. The molecule has 8 heteroatoms. The zero-order valence-corrected chi connectivity index (χ0v) is 14.1. The minimum atomic E-state index is -0.549. The molecule has 1 amide bonds. The summed E-state index contributed by atoms with van der Waals surface area (Å²) in [5, 5.41) is 6.63. The van der Waals surface area contributed by atoms with Crippen molar-refractivity contribution >= 4 is 18.0 Å². The van der Waals surface area contributed by atoms with Gasteiger partial charge >= 0.3 is 0 Å². The van der Waals surface area contributed by atoms with Crippen molar-refractivity contribution in [1.82, 2.24) is 15.5 Å². The van der Waals surface area contributed by atoms with Crippen LogP contribution in [0.25, 0.3) is 0 Å². The standard InChI is InChI=1S/C16H19ClFN3O3/c1-2-3-11(19-10-22)4-7-16-20-15(21-24-16)9-23-12-5-6-13(17)14(18)8-12/h5-6,8,10-11H,2-4,7,9H2,1H3,(H,19,22). The number of carbonyl (C=O) groups excluding carboxylic acids is 1. The van der Waals surface area contributed by atoms with Crippen LogP contribution < -0.4 is 10.1 Å². The van der Waals surface area contributed by atoms with Crippen molar-refractivity contribution in [3.8, 4) is 5.75 Å². The quantitative estimate of drug-likeness (QED) is 0.662. The summed E-state index contributed by atoms with van der Waals surface area (Å²) in [6, 6.07) is 4.27. The lowest BCUT2D eigenvalue weighted by molar-refractivity contribution is -0.110. The van der Waals surface area contributed by atoms with Crippen LogP contribution in [0, 0.1) is 5.82 Å². The number of aromatic nitrogens is 2. The lowest BCUT2D eigenvalue weighted by Crippen LogP contribution is -2.28. The number of benzene rings is 1. The summed E-state index contributed by atoms with van der Waals surface area (Å²) >= 11 is 5.61. The van der Waals surface area contributed by atoms with E-state index in [4.69, 9.17) is 20.9 Å². The van der Waals surface area contributed by atoms with Crippen LogP contribution >= 0.6 is 11.6 Å². The summed E-state index contributed by atoms with van der Waals surface area (Å²) in [6.45, 7) is 2.12. The van der Waals surface area contributed by atoms with Gasteiger partial charge in [-0.1, -0.05) is 30.1 Å². The van der Waals surface area contributed by atoms with E-state index in [9.17, 15) is 9.18 Å². The van der Waals surface area contributed by atoms with E-state index in [0.29, 0.717) is 30.3 Å². The van der Waals surface area contributed by atoms with E-state index >= 15 is 0 Å². The summed E-state index contributed by atoms with van der Waals surface area (Å²) in [4.78, 5) is 14.8. The number of amides is 1. The van der Waals surface area contributed by atoms with Crippen molar-refractivity contribution in [2.24, 2.45) is 0 Å². The Morgan fingerprint density at radius 2 is 2.29 bits per heavy atom. The van der Waals surface area contributed by atoms with Crippen LogP contribution in [0.4, 0.5) is 4.39 Å². The third-order valence-electron chi connectivity index (χ3n) is 3.42. The molecule has 1 aromatic carbocycles. The Bertz CT molecular complexity index is 666. The number of rotatable bonds is 10. The van der Waals surface area contributed by atoms with E-state index < -0.39 is 5.82 Å². The average molecular weight is 356 g/mol. The van der Waals surface area contributed by atoms with Gasteiger partial charge in [0.25, 0.3) is 0 Å². The monoisotopic (exact) mass is 355 g/mol. The Labute approximate surface area is 144 Å². The van der Waals surface area contributed by atoms with Gasteiger partial charge in [-0.25, -0.2) is 4.39 Å². The maximum absolute atomic E-state index is 13.3. The minimum absolute atomic E-state index is 0.0368. The predicted octanol–water partition coefficient (Wildman–Crippen LogP) is 3.29. The number of ether oxygens (including phenoxy) is 1. The Morgan fingerprint density at radius 1 is 1.46 bits per heavy atom. The van der Waals surface area contributed by atoms with E-state index in [1.54, 1.807) is 6.07 Å². The third-order valence-corrected chi connectivity index (χ3v) is 3.72. The molecule has 6 nitrogen and oxygen atoms in total. The summed E-state index contributed by atoms with van der Waals surface area (Å²) in [7, 11) is 0. The molecule has 0 saturated carbocycles. The number of nitrogens with one attached hydrogen (secondary N) is 1. The molecular weight excluding hydrogens is 337 g/mol. The molecule has 24 heavy (non-hydrogen) atoms. The van der Waals surface area contributed by atoms with E-state index in [-0.39, 0.29) is 17.7 Å². The van der Waals surface area contributed by atoms with Gasteiger partial charge in [-0.15, -0.1) is 0 Å². The molecule has 0 radical (unpaired) electrons. The normalized spacial score (nSPS) is 12.0. The fourth-order valence-electron chi connectivity index (χ4n) is 2.22. The summed E-state index contributed by atoms with van der Waals surface area (Å²) in [5.74, 6) is 0.634. The van der Waals surface area contributed by atoms with Crippen LogP contribution in [-0.2, 0) is 17.8 Å². The van der Waals surface area contributed by atoms with Crippen molar-refractivity contribution in [3.05, 3.63) is 40.8 Å². The molecule has 0 aliphatic rings. The molecule has 2 aromatic rings. The Balaban J connectivity index is 1.83. The van der Waals surface area contributed by atoms with Crippen molar-refractivity contribution in [3.63, 3.8) is 0 Å². The lowest BCUT2D eigenvalue weighted by atomic mass is 10.1. The highest BCUT2D eigenvalue weighted by atomic mass is 35.5. The van der Waals surface area contributed by atoms with Crippen LogP contribution in [0.1, 0.15) is 37.9 Å². The van der Waals surface area contributed by atoms with Gasteiger partial charge in [0.05, 0.1) is 5.02 Å². The fourth-order valence-corrected chi connectivity index (χ4v) is 2.34. The van der Waals surface area contributed by atoms with Crippen LogP contribution in [0.2, 0.25) is 5.02 Å². The van der Waals surface area contributed by atoms with Gasteiger partial charge in [0.1, 0.15) is 11.6 Å². The molecule has 0 fully saturated rings. The van der Waals surface area contributed by atoms with Crippen molar-refractivity contribution in [2.45, 2.75) is 45.3 Å². The molecule has 0 bridgehead atoms. The van der Waals surface area contributed by atoms with E-state index in [1.807, 2.05) is 0 Å². The van der Waals surface area contributed by atoms with E-state index in [0.717, 1.165) is 19.3 Å². The average Bonchev–Trinajstić information content (AvgIpc) is 3.02. The van der Waals surface area contributed by atoms with Crippen molar-refractivity contribution < 1.29 is 18.4 Å². The number of nitrogens with zero attached hydrogens (tertiary/aromatic N) is 2. The van der Waals surface area contributed by atoms with Gasteiger partial charge in [-0.3, -0.25) is 4.79 Å². The van der Waals surface area contributed by atoms with Crippen LogP contribution in [0.15, 0.2) is 22.7 Å². The maximum atomic E-state index is 13.3. The molecule has 0 aliphatic heterocycles. The van der Waals surface area contributed by atoms with Crippen LogP contribution in [0.5, 0.6) is 5.75 Å². The topological polar surface area (TPSA) is 77.2 Å². The second-order valence-electron chi connectivity index (χ2n) is 5.28. The summed E-state index contributed by atoms with van der Waals surface area (Å²) in [6.07, 6.45) is 3.86. The number of hydrogen-bond donors (Lipinski definition) is 1. The summed E-state index contributed by atoms with van der Waals surface area (Å²) in [5.41, 5.74) is 0. The first-order valence-electron chi connectivity index (χ1n) is 7.71. The Morgan fingerprint density at radius 3 is 3.00 bits per heavy atom. The first kappa shape index (κ1) is 18.2. The van der Waals surface area contributed by atoms with Gasteiger partial charge in [-0.05, 0) is 25.0 Å².